The molecule has 0 amide bonds. The van der Waals surface area contributed by atoms with E-state index in [0.717, 1.165) is 16.7 Å². The quantitative estimate of drug-likeness (QED) is 0.0399. The Morgan fingerprint density at radius 3 is 1.29 bits per heavy atom. The van der Waals surface area contributed by atoms with E-state index in [-0.39, 0.29) is 69.4 Å². The number of fused-ring (bicyclic) bond motifs is 2. The fourth-order valence-corrected chi connectivity index (χ4v) is 11.0. The van der Waals surface area contributed by atoms with Crippen molar-refractivity contribution in [3.63, 3.8) is 0 Å². The number of carbonyl (C=O) groups is 4. The highest BCUT2D eigenvalue weighted by molar-refractivity contribution is 5.90. The van der Waals surface area contributed by atoms with Crippen molar-refractivity contribution in [2.24, 2.45) is 0 Å². The van der Waals surface area contributed by atoms with E-state index in [0.29, 0.717) is 0 Å². The van der Waals surface area contributed by atoms with E-state index in [2.05, 4.69) is 0 Å². The van der Waals surface area contributed by atoms with Gasteiger partial charge >= 0.3 is 17.9 Å². The molecule has 85 heavy (non-hydrogen) atoms. The third kappa shape index (κ3) is 16.0. The lowest BCUT2D eigenvalue weighted by Gasteiger charge is -2.46. The highest BCUT2D eigenvalue weighted by atomic mass is 16.8. The number of rotatable bonds is 25. The molecule has 15 atom stereocenters. The van der Waals surface area contributed by atoms with E-state index in [1.54, 1.807) is 88.4 Å². The molecule has 5 aliphatic heterocycles. The molecule has 20 heteroatoms. The molecule has 0 aromatic heterocycles. The topological polar surface area (TPSA) is 216 Å². The van der Waals surface area contributed by atoms with Crippen molar-refractivity contribution < 1.29 is 95.0 Å². The zero-order valence-electron chi connectivity index (χ0n) is 48.4. The summed E-state index contributed by atoms with van der Waals surface area (Å²) in [4.78, 5) is 53.3. The second-order valence-corrected chi connectivity index (χ2v) is 22.3. The molecule has 454 valence electrons. The van der Waals surface area contributed by atoms with Gasteiger partial charge in [0.15, 0.2) is 48.8 Å². The molecule has 0 radical (unpaired) electrons. The molecule has 0 aliphatic carbocycles. The van der Waals surface area contributed by atoms with Gasteiger partial charge in [0.25, 0.3) is 0 Å². The number of ketones is 1. The number of benzene rings is 5. The predicted octanol–water partition coefficient (Wildman–Crippen LogP) is 8.00. The maximum absolute atomic E-state index is 14.4. The van der Waals surface area contributed by atoms with Gasteiger partial charge in [-0.05, 0) is 75.6 Å². The van der Waals surface area contributed by atoms with Crippen LogP contribution in [0.1, 0.15) is 84.9 Å². The summed E-state index contributed by atoms with van der Waals surface area (Å²) in [6.45, 7) is 8.19. The number of hydrogen-bond donors (Lipinski definition) is 0. The summed E-state index contributed by atoms with van der Waals surface area (Å²) in [6, 6.07) is 46.0. The minimum atomic E-state index is -1.41. The molecule has 5 heterocycles. The highest BCUT2D eigenvalue weighted by Gasteiger charge is 2.61. The average Bonchev–Trinajstić information content (AvgIpc) is 2.95. The summed E-state index contributed by atoms with van der Waals surface area (Å²) in [6.07, 6.45) is -16.4. The van der Waals surface area contributed by atoms with Gasteiger partial charge in [-0.1, -0.05) is 127 Å². The average molecular weight is 1180 g/mol. The Hall–Kier alpha value is -6.34. The van der Waals surface area contributed by atoms with Crippen molar-refractivity contribution >= 4 is 23.7 Å². The van der Waals surface area contributed by atoms with Crippen LogP contribution >= 0.6 is 0 Å². The zero-order chi connectivity index (χ0) is 59.5. The van der Waals surface area contributed by atoms with Crippen LogP contribution in [-0.2, 0) is 105 Å². The van der Waals surface area contributed by atoms with Gasteiger partial charge in [-0.3, -0.25) is 4.79 Å². The predicted molar refractivity (Wildman–Crippen MR) is 300 cm³/mol. The van der Waals surface area contributed by atoms with Crippen LogP contribution in [0.15, 0.2) is 152 Å². The van der Waals surface area contributed by atoms with Crippen molar-refractivity contribution in [2.75, 3.05) is 26.9 Å². The number of carbonyl (C=O) groups excluding carboxylic acids is 4. The van der Waals surface area contributed by atoms with E-state index in [1.807, 2.05) is 91.0 Å². The van der Waals surface area contributed by atoms with E-state index < -0.39 is 122 Å². The number of ether oxygens (including phenoxy) is 16. The number of methoxy groups -OCH3 is 1. The zero-order valence-corrected chi connectivity index (χ0v) is 48.4. The van der Waals surface area contributed by atoms with Crippen LogP contribution < -0.4 is 0 Å². The molecule has 0 N–H and O–H groups in total. The number of Topliss-reactive ketones (excluding diaryl/α,β-unsaturated/α-hetero) is 1. The van der Waals surface area contributed by atoms with Crippen molar-refractivity contribution in [1.29, 1.82) is 0 Å². The van der Waals surface area contributed by atoms with Crippen LogP contribution in [0.25, 0.3) is 0 Å². The molecule has 5 aromatic rings. The first-order valence-corrected chi connectivity index (χ1v) is 28.7. The first-order chi connectivity index (χ1) is 41.1. The standard InChI is InChI=1S/C65H74O20/c1-40(66)32-33-49(67)79-57-54-51(82-64(2,3)84-54)47(76-61(57)70-6)38-75-63-58(81-60(69)45-30-20-11-21-31-45)55-52(83-65(4,5)85-55)48(78-63)39-74-62-56(80-59(68)44-28-18-10-19-29-44)53(73-36-43-26-16-9-17-27-43)50(72-35-42-24-14-8-15-25-42)46(77-62)37-71-34-41-22-12-7-13-23-41/h7-31,46-48,50-58,61-63H,32-39H2,1-6H3/t46-,47-,48-,50+,51+,52+,53+,54+,55+,56-,57-,58-,61-,62-,63-/m1/s1. The van der Waals surface area contributed by atoms with E-state index in [1.165, 1.54) is 14.0 Å². The Balaban J connectivity index is 0.966. The molecule has 0 bridgehead atoms. The first kappa shape index (κ1) is 61.7. The van der Waals surface area contributed by atoms with Crippen molar-refractivity contribution in [2.45, 2.75) is 171 Å². The minimum absolute atomic E-state index is 0.00288. The van der Waals surface area contributed by atoms with Gasteiger partial charge in [-0.2, -0.15) is 0 Å². The van der Waals surface area contributed by atoms with Crippen LogP contribution in [0.5, 0.6) is 0 Å². The SMILES string of the molecule is CO[C@@H]1O[C@H](CO[C@@H]2O[C@H](CO[C@@H]3O[C@H](COCc4ccccc4)[C@H](OCc4ccccc4)[C@H](OCc4ccccc4)[C@H]3OC(=O)c3ccccc3)[C@@H]3OC(C)(C)O[C@@H]3[C@H]2OC(=O)c2ccccc2)[C@@H]2OC(C)(C)O[C@@H]2[C@H]1OC(=O)CCC(C)=O. The van der Waals surface area contributed by atoms with Gasteiger partial charge in [0.1, 0.15) is 60.7 Å². The molecule has 5 aromatic carbocycles. The molecule has 5 aliphatic rings. The highest BCUT2D eigenvalue weighted by Crippen LogP contribution is 2.43. The summed E-state index contributed by atoms with van der Waals surface area (Å²) in [5.41, 5.74) is 3.20. The van der Waals surface area contributed by atoms with Gasteiger partial charge in [0, 0.05) is 13.5 Å². The number of hydrogen-bond acceptors (Lipinski definition) is 20. The molecule has 10 rings (SSSR count). The van der Waals surface area contributed by atoms with Gasteiger partial charge in [0.05, 0.1) is 57.2 Å². The van der Waals surface area contributed by atoms with E-state index in [4.69, 9.17) is 75.8 Å². The summed E-state index contributed by atoms with van der Waals surface area (Å²) in [5, 5.41) is 0. The monoisotopic (exact) mass is 1170 g/mol. The summed E-state index contributed by atoms with van der Waals surface area (Å²) >= 11 is 0. The van der Waals surface area contributed by atoms with E-state index in [9.17, 15) is 19.2 Å². The third-order valence-corrected chi connectivity index (χ3v) is 15.0. The van der Waals surface area contributed by atoms with Gasteiger partial charge in [0.2, 0.25) is 0 Å². The lowest BCUT2D eigenvalue weighted by atomic mass is 9.97. The fourth-order valence-electron chi connectivity index (χ4n) is 11.0. The van der Waals surface area contributed by atoms with Crippen molar-refractivity contribution in [1.82, 2.24) is 0 Å². The van der Waals surface area contributed by atoms with Gasteiger partial charge in [-0.15, -0.1) is 0 Å². The van der Waals surface area contributed by atoms with Gasteiger partial charge < -0.3 is 80.6 Å². The second-order valence-electron chi connectivity index (χ2n) is 22.3. The number of esters is 3. The molecule has 0 spiro atoms. The smallest absolute Gasteiger partial charge is 0.338 e. The Morgan fingerprint density at radius 1 is 0.412 bits per heavy atom. The van der Waals surface area contributed by atoms with Gasteiger partial charge in [-0.25, -0.2) is 9.59 Å². The summed E-state index contributed by atoms with van der Waals surface area (Å²) in [5.74, 6) is -4.59. The normalized spacial score (nSPS) is 30.1. The lowest BCUT2D eigenvalue weighted by molar-refractivity contribution is -0.337. The molecular formula is C65H74O20. The Labute approximate surface area is 494 Å². The molecule has 5 saturated heterocycles. The van der Waals surface area contributed by atoms with Crippen LogP contribution in [0.3, 0.4) is 0 Å². The maximum atomic E-state index is 14.4. The Bertz CT molecular complexity index is 2930. The lowest BCUT2D eigenvalue weighted by Crippen LogP contribution is -2.63. The molecule has 5 fully saturated rings. The fraction of sp³-hybridized carbons (Fsp3) is 0.477. The Kier molecular flexibility index (Phi) is 20.7. The third-order valence-electron chi connectivity index (χ3n) is 15.0. The van der Waals surface area contributed by atoms with Crippen molar-refractivity contribution in [3.8, 4) is 0 Å². The van der Waals surface area contributed by atoms with E-state index >= 15 is 0 Å². The molecular weight excluding hydrogens is 1100 g/mol. The Morgan fingerprint density at radius 2 is 0.812 bits per heavy atom. The summed E-state index contributed by atoms with van der Waals surface area (Å²) < 4.78 is 104. The van der Waals surface area contributed by atoms with Crippen LogP contribution in [0.4, 0.5) is 0 Å². The van der Waals surface area contributed by atoms with Crippen LogP contribution in [-0.4, -0.2) is 154 Å². The minimum Gasteiger partial charge on any atom is -0.454 e. The van der Waals surface area contributed by atoms with Crippen molar-refractivity contribution in [3.05, 3.63) is 179 Å². The molecule has 20 nitrogen and oxygen atoms in total. The van der Waals surface area contributed by atoms with Crippen LogP contribution in [0, 0.1) is 0 Å². The largest absolute Gasteiger partial charge is 0.454 e. The molecule has 0 saturated carbocycles. The van der Waals surface area contributed by atoms with Crippen LogP contribution in [0.2, 0.25) is 0 Å². The maximum Gasteiger partial charge on any atom is 0.338 e. The molecule has 0 unspecified atom stereocenters. The summed E-state index contributed by atoms with van der Waals surface area (Å²) in [7, 11) is 1.40. The first-order valence-electron chi connectivity index (χ1n) is 28.7. The second kappa shape index (κ2) is 28.4.